The van der Waals surface area contributed by atoms with Crippen molar-refractivity contribution in [2.24, 2.45) is 10.7 Å². The van der Waals surface area contributed by atoms with Gasteiger partial charge in [0.1, 0.15) is 5.84 Å². The van der Waals surface area contributed by atoms with E-state index in [2.05, 4.69) is 16.8 Å². The van der Waals surface area contributed by atoms with Crippen LogP contribution >= 0.6 is 0 Å². The number of nitrogens with zero attached hydrogens (tertiary/aromatic N) is 2. The summed E-state index contributed by atoms with van der Waals surface area (Å²) in [5.41, 5.74) is 6.04. The molecule has 1 aliphatic heterocycles. The summed E-state index contributed by atoms with van der Waals surface area (Å²) >= 11 is 0. The van der Waals surface area contributed by atoms with Gasteiger partial charge in [0.25, 0.3) is 0 Å². The fourth-order valence-electron chi connectivity index (χ4n) is 4.07. The maximum absolute atomic E-state index is 11.1. The van der Waals surface area contributed by atoms with Gasteiger partial charge in [-0.3, -0.25) is 4.79 Å². The number of amidine groups is 1. The molecule has 1 heterocycles. The molecule has 0 radical (unpaired) electrons. The first kappa shape index (κ1) is 25.9. The van der Waals surface area contributed by atoms with Crippen molar-refractivity contribution in [3.05, 3.63) is 0 Å². The summed E-state index contributed by atoms with van der Waals surface area (Å²) in [6.07, 6.45) is 21.0. The van der Waals surface area contributed by atoms with Gasteiger partial charge in [-0.1, -0.05) is 96.8 Å². The Morgan fingerprint density at radius 1 is 0.966 bits per heavy atom. The smallest absolute Gasteiger partial charge is 0.304 e. The lowest BCUT2D eigenvalue weighted by Gasteiger charge is -2.24. The molecule has 0 aliphatic carbocycles. The van der Waals surface area contributed by atoms with E-state index in [1.165, 1.54) is 96.8 Å². The molecule has 0 aromatic heterocycles. The van der Waals surface area contributed by atoms with E-state index in [0.29, 0.717) is 6.54 Å². The first-order chi connectivity index (χ1) is 14.0. The topological polar surface area (TPSA) is 67.9 Å². The molecule has 0 saturated heterocycles. The lowest BCUT2D eigenvalue weighted by molar-refractivity contribution is -0.145. The van der Waals surface area contributed by atoms with Crippen LogP contribution in [0.3, 0.4) is 0 Å². The van der Waals surface area contributed by atoms with Gasteiger partial charge in [-0.05, 0) is 13.3 Å². The molecule has 0 aromatic rings. The molecular weight excluding hydrogens is 362 g/mol. The average molecular weight is 410 g/mol. The summed E-state index contributed by atoms with van der Waals surface area (Å²) < 4.78 is 5.23. The SMILES string of the molecule is CCCCCCCCCCCCCCCCCC1=NC(OC(C)=O)CN1C(C)N. The lowest BCUT2D eigenvalue weighted by Crippen LogP contribution is -2.43. The molecule has 0 fully saturated rings. The molecule has 5 heteroatoms. The van der Waals surface area contributed by atoms with E-state index in [1.54, 1.807) is 0 Å². The van der Waals surface area contributed by atoms with Gasteiger partial charge in [-0.2, -0.15) is 0 Å². The Balaban J connectivity index is 1.96. The highest BCUT2D eigenvalue weighted by atomic mass is 16.6. The van der Waals surface area contributed by atoms with Crippen molar-refractivity contribution in [2.45, 2.75) is 136 Å². The van der Waals surface area contributed by atoms with Crippen LogP contribution in [0.1, 0.15) is 124 Å². The molecule has 5 nitrogen and oxygen atoms in total. The maximum Gasteiger partial charge on any atom is 0.304 e. The molecule has 1 rings (SSSR count). The van der Waals surface area contributed by atoms with Crippen molar-refractivity contribution in [3.63, 3.8) is 0 Å². The number of aliphatic imine (C=N–C) groups is 1. The molecule has 0 amide bonds. The second kappa shape index (κ2) is 16.7. The molecule has 2 atom stereocenters. The summed E-state index contributed by atoms with van der Waals surface area (Å²) in [5.74, 6) is 0.720. The van der Waals surface area contributed by atoms with Crippen LogP contribution in [0, 0.1) is 0 Å². The van der Waals surface area contributed by atoms with Gasteiger partial charge < -0.3 is 15.4 Å². The molecule has 29 heavy (non-hydrogen) atoms. The van der Waals surface area contributed by atoms with E-state index in [0.717, 1.165) is 18.7 Å². The summed E-state index contributed by atoms with van der Waals surface area (Å²) in [7, 11) is 0. The van der Waals surface area contributed by atoms with Crippen LogP contribution in [0.2, 0.25) is 0 Å². The zero-order valence-electron chi connectivity index (χ0n) is 19.5. The fraction of sp³-hybridized carbons (Fsp3) is 0.917. The maximum atomic E-state index is 11.1. The summed E-state index contributed by atoms with van der Waals surface area (Å²) in [4.78, 5) is 17.8. The van der Waals surface area contributed by atoms with Crippen molar-refractivity contribution >= 4 is 11.8 Å². The highest BCUT2D eigenvalue weighted by Crippen LogP contribution is 2.18. The van der Waals surface area contributed by atoms with Crippen LogP contribution in [0.5, 0.6) is 0 Å². The van der Waals surface area contributed by atoms with Crippen molar-refractivity contribution < 1.29 is 9.53 Å². The second-order valence-corrected chi connectivity index (χ2v) is 8.70. The minimum Gasteiger partial charge on any atom is -0.438 e. The van der Waals surface area contributed by atoms with Crippen LogP contribution < -0.4 is 5.73 Å². The van der Waals surface area contributed by atoms with E-state index in [1.807, 2.05) is 6.92 Å². The van der Waals surface area contributed by atoms with E-state index < -0.39 is 0 Å². The molecule has 0 aromatic carbocycles. The van der Waals surface area contributed by atoms with Gasteiger partial charge in [0.15, 0.2) is 0 Å². The molecule has 0 saturated carbocycles. The molecule has 1 aliphatic rings. The molecule has 0 bridgehead atoms. The zero-order valence-corrected chi connectivity index (χ0v) is 19.5. The van der Waals surface area contributed by atoms with Gasteiger partial charge in [-0.15, -0.1) is 0 Å². The first-order valence-electron chi connectivity index (χ1n) is 12.3. The minimum atomic E-state index is -0.384. The highest BCUT2D eigenvalue weighted by Gasteiger charge is 2.28. The number of carbonyl (C=O) groups is 1. The number of rotatable bonds is 18. The molecular formula is C24H47N3O2. The predicted octanol–water partition coefficient (Wildman–Crippen LogP) is 6.16. The van der Waals surface area contributed by atoms with Gasteiger partial charge in [0.2, 0.25) is 6.23 Å². The second-order valence-electron chi connectivity index (χ2n) is 8.70. The predicted molar refractivity (Wildman–Crippen MR) is 123 cm³/mol. The number of carbonyl (C=O) groups excluding carboxylic acids is 1. The Bertz CT molecular complexity index is 451. The summed E-state index contributed by atoms with van der Waals surface area (Å²) in [6, 6.07) is 0. The lowest BCUT2D eigenvalue weighted by atomic mass is 10.0. The summed E-state index contributed by atoms with van der Waals surface area (Å²) in [5, 5.41) is 0. The Kier molecular flexibility index (Phi) is 14.9. The number of hydrogen-bond donors (Lipinski definition) is 1. The van der Waals surface area contributed by atoms with Crippen molar-refractivity contribution in [1.29, 1.82) is 0 Å². The van der Waals surface area contributed by atoms with E-state index in [4.69, 9.17) is 10.5 Å². The number of ether oxygens (including phenoxy) is 1. The third-order valence-corrected chi connectivity index (χ3v) is 5.77. The van der Waals surface area contributed by atoms with Gasteiger partial charge in [0.05, 0.1) is 12.7 Å². The Morgan fingerprint density at radius 3 is 1.83 bits per heavy atom. The van der Waals surface area contributed by atoms with Gasteiger partial charge in [-0.25, -0.2) is 4.99 Å². The van der Waals surface area contributed by atoms with Crippen LogP contribution in [-0.4, -0.2) is 35.6 Å². The average Bonchev–Trinajstić information content (AvgIpc) is 3.07. The number of esters is 1. The van der Waals surface area contributed by atoms with Crippen LogP contribution in [-0.2, 0) is 9.53 Å². The first-order valence-corrected chi connectivity index (χ1v) is 12.3. The van der Waals surface area contributed by atoms with E-state index in [-0.39, 0.29) is 18.4 Å². The standard InChI is InChI=1S/C24H47N3O2/c1-4-5-6-7-8-9-10-11-12-13-14-15-16-17-18-19-23-26-24(29-22(3)28)20-27(23)21(2)25/h21,24H,4-20,25H2,1-3H3. The number of nitrogens with two attached hydrogens (primary N) is 1. The van der Waals surface area contributed by atoms with Crippen LogP contribution in [0.4, 0.5) is 0 Å². The number of unbranched alkanes of at least 4 members (excludes halogenated alkanes) is 14. The number of hydrogen-bond acceptors (Lipinski definition) is 5. The van der Waals surface area contributed by atoms with Crippen LogP contribution in [0.25, 0.3) is 0 Å². The molecule has 0 spiro atoms. The third-order valence-electron chi connectivity index (χ3n) is 5.77. The Morgan fingerprint density at radius 2 is 1.41 bits per heavy atom. The van der Waals surface area contributed by atoms with Gasteiger partial charge >= 0.3 is 5.97 Å². The monoisotopic (exact) mass is 409 g/mol. The highest BCUT2D eigenvalue weighted by molar-refractivity contribution is 5.84. The normalized spacial score (nSPS) is 17.4. The Hall–Kier alpha value is -1.10. The fourth-order valence-corrected chi connectivity index (χ4v) is 4.07. The minimum absolute atomic E-state index is 0.0920. The third kappa shape index (κ3) is 12.9. The molecule has 170 valence electrons. The zero-order chi connectivity index (χ0) is 21.3. The summed E-state index contributed by atoms with van der Waals surface area (Å²) in [6.45, 7) is 6.25. The van der Waals surface area contributed by atoms with Crippen molar-refractivity contribution in [1.82, 2.24) is 4.90 Å². The van der Waals surface area contributed by atoms with E-state index >= 15 is 0 Å². The van der Waals surface area contributed by atoms with Crippen molar-refractivity contribution in [2.75, 3.05) is 6.54 Å². The van der Waals surface area contributed by atoms with E-state index in [9.17, 15) is 4.79 Å². The Labute approximate surface area is 179 Å². The van der Waals surface area contributed by atoms with Crippen molar-refractivity contribution in [3.8, 4) is 0 Å². The van der Waals surface area contributed by atoms with Gasteiger partial charge in [0, 0.05) is 13.3 Å². The molecule has 2 unspecified atom stereocenters. The molecule has 2 N–H and O–H groups in total. The van der Waals surface area contributed by atoms with Crippen LogP contribution in [0.15, 0.2) is 4.99 Å². The quantitative estimate of drug-likeness (QED) is 0.217. The largest absolute Gasteiger partial charge is 0.438 e.